The van der Waals surface area contributed by atoms with Crippen molar-refractivity contribution in [2.75, 3.05) is 31.1 Å². The van der Waals surface area contributed by atoms with Crippen molar-refractivity contribution in [1.29, 1.82) is 0 Å². The van der Waals surface area contributed by atoms with E-state index >= 15 is 0 Å². The van der Waals surface area contributed by atoms with Gasteiger partial charge in [0.15, 0.2) is 0 Å². The summed E-state index contributed by atoms with van der Waals surface area (Å²) in [6.07, 6.45) is 2.25. The van der Waals surface area contributed by atoms with Gasteiger partial charge < -0.3 is 14.3 Å². The van der Waals surface area contributed by atoms with Crippen LogP contribution >= 0.6 is 11.6 Å². The predicted octanol–water partition coefficient (Wildman–Crippen LogP) is 4.23. The lowest BCUT2D eigenvalue weighted by Gasteiger charge is -2.36. The fourth-order valence-corrected chi connectivity index (χ4v) is 3.82. The van der Waals surface area contributed by atoms with Gasteiger partial charge in [0.2, 0.25) is 11.7 Å². The SMILES string of the molecule is O=C(c1ccc(-c2noc(C3CC3)n2)cc1)N1CCN(c2cccc(Cl)c2)CC1. The molecule has 0 N–H and O–H groups in total. The molecule has 29 heavy (non-hydrogen) atoms. The Morgan fingerprint density at radius 2 is 1.79 bits per heavy atom. The first kappa shape index (κ1) is 18.2. The Morgan fingerprint density at radius 1 is 1.03 bits per heavy atom. The van der Waals surface area contributed by atoms with Gasteiger partial charge in [-0.2, -0.15) is 4.98 Å². The third-order valence-electron chi connectivity index (χ3n) is 5.50. The summed E-state index contributed by atoms with van der Waals surface area (Å²) in [5.74, 6) is 1.79. The maximum atomic E-state index is 12.9. The average molecular weight is 409 g/mol. The molecule has 1 aliphatic carbocycles. The van der Waals surface area contributed by atoms with Gasteiger partial charge >= 0.3 is 0 Å². The molecule has 1 saturated carbocycles. The summed E-state index contributed by atoms with van der Waals surface area (Å²) in [5.41, 5.74) is 2.64. The van der Waals surface area contributed by atoms with Crippen molar-refractivity contribution >= 4 is 23.2 Å². The fourth-order valence-electron chi connectivity index (χ4n) is 3.63. The fraction of sp³-hybridized carbons (Fsp3) is 0.318. The van der Waals surface area contributed by atoms with Gasteiger partial charge in [0, 0.05) is 53.9 Å². The van der Waals surface area contributed by atoms with Crippen molar-refractivity contribution in [1.82, 2.24) is 15.0 Å². The van der Waals surface area contributed by atoms with Crippen molar-refractivity contribution in [3.8, 4) is 11.4 Å². The number of halogens is 1. The Kier molecular flexibility index (Phi) is 4.72. The minimum atomic E-state index is 0.0501. The zero-order chi connectivity index (χ0) is 19.8. The summed E-state index contributed by atoms with van der Waals surface area (Å²) in [6, 6.07) is 15.3. The zero-order valence-electron chi connectivity index (χ0n) is 15.9. The second kappa shape index (κ2) is 7.52. The molecule has 2 aliphatic rings. The highest BCUT2D eigenvalue weighted by Gasteiger charge is 2.30. The largest absolute Gasteiger partial charge is 0.368 e. The number of hydrogen-bond donors (Lipinski definition) is 0. The van der Waals surface area contributed by atoms with E-state index in [4.69, 9.17) is 16.1 Å². The van der Waals surface area contributed by atoms with Gasteiger partial charge in [-0.05, 0) is 43.2 Å². The van der Waals surface area contributed by atoms with E-state index in [1.807, 2.05) is 47.4 Å². The van der Waals surface area contributed by atoms with Crippen LogP contribution in [-0.2, 0) is 0 Å². The molecule has 2 aromatic carbocycles. The molecule has 0 bridgehead atoms. The van der Waals surface area contributed by atoms with Crippen molar-refractivity contribution in [2.24, 2.45) is 0 Å². The number of carbonyl (C=O) groups is 1. The van der Waals surface area contributed by atoms with Crippen LogP contribution in [0.15, 0.2) is 53.1 Å². The quantitative estimate of drug-likeness (QED) is 0.646. The minimum absolute atomic E-state index is 0.0501. The molecule has 1 amide bonds. The molecule has 0 unspecified atom stereocenters. The molecule has 1 saturated heterocycles. The van der Waals surface area contributed by atoms with E-state index in [0.717, 1.165) is 48.1 Å². The van der Waals surface area contributed by atoms with E-state index < -0.39 is 0 Å². The van der Waals surface area contributed by atoms with Gasteiger partial charge in [-0.3, -0.25) is 4.79 Å². The average Bonchev–Trinajstić information content (AvgIpc) is 3.50. The van der Waals surface area contributed by atoms with Crippen molar-refractivity contribution in [3.05, 3.63) is 65.0 Å². The van der Waals surface area contributed by atoms with Crippen molar-refractivity contribution in [3.63, 3.8) is 0 Å². The van der Waals surface area contributed by atoms with E-state index in [1.165, 1.54) is 0 Å². The number of amides is 1. The molecule has 1 aliphatic heterocycles. The van der Waals surface area contributed by atoms with Gasteiger partial charge in [-0.1, -0.05) is 35.0 Å². The lowest BCUT2D eigenvalue weighted by Crippen LogP contribution is -2.48. The molecule has 0 atom stereocenters. The summed E-state index contributed by atoms with van der Waals surface area (Å²) >= 11 is 6.09. The third kappa shape index (κ3) is 3.85. The van der Waals surface area contributed by atoms with E-state index in [0.29, 0.717) is 30.4 Å². The first-order valence-corrected chi connectivity index (χ1v) is 10.3. The lowest BCUT2D eigenvalue weighted by atomic mass is 10.1. The number of nitrogens with zero attached hydrogens (tertiary/aromatic N) is 4. The van der Waals surface area contributed by atoms with Crippen LogP contribution in [-0.4, -0.2) is 47.1 Å². The number of rotatable bonds is 4. The predicted molar refractivity (Wildman–Crippen MR) is 111 cm³/mol. The molecule has 0 radical (unpaired) electrons. The molecule has 1 aromatic heterocycles. The number of aromatic nitrogens is 2. The van der Waals surface area contributed by atoms with Gasteiger partial charge in [0.05, 0.1) is 0 Å². The zero-order valence-corrected chi connectivity index (χ0v) is 16.7. The van der Waals surface area contributed by atoms with Crippen LogP contribution in [0.1, 0.15) is 35.0 Å². The molecule has 0 spiro atoms. The monoisotopic (exact) mass is 408 g/mol. The van der Waals surface area contributed by atoms with Crippen molar-refractivity contribution in [2.45, 2.75) is 18.8 Å². The summed E-state index contributed by atoms with van der Waals surface area (Å²) in [5, 5.41) is 4.79. The number of piperazine rings is 1. The van der Waals surface area contributed by atoms with E-state index in [-0.39, 0.29) is 5.91 Å². The molecule has 2 fully saturated rings. The molecule has 148 valence electrons. The number of anilines is 1. The van der Waals surface area contributed by atoms with Crippen LogP contribution < -0.4 is 4.90 Å². The van der Waals surface area contributed by atoms with E-state index in [1.54, 1.807) is 0 Å². The Labute approximate surface area is 174 Å². The second-order valence-corrected chi connectivity index (χ2v) is 8.00. The highest BCUT2D eigenvalue weighted by atomic mass is 35.5. The standard InChI is InChI=1S/C22H21ClN4O2/c23-18-2-1-3-19(14-18)26-10-12-27(13-11-26)22(28)17-8-4-15(5-9-17)20-24-21(29-25-20)16-6-7-16/h1-5,8-9,14,16H,6-7,10-13H2. The highest BCUT2D eigenvalue weighted by Crippen LogP contribution is 2.39. The van der Waals surface area contributed by atoms with Gasteiger partial charge in [-0.25, -0.2) is 0 Å². The summed E-state index contributed by atoms with van der Waals surface area (Å²) in [7, 11) is 0. The van der Waals surface area contributed by atoms with Crippen molar-refractivity contribution < 1.29 is 9.32 Å². The maximum absolute atomic E-state index is 12.9. The third-order valence-corrected chi connectivity index (χ3v) is 5.73. The molecule has 6 nitrogen and oxygen atoms in total. The van der Waals surface area contributed by atoms with Crippen LogP contribution in [0.5, 0.6) is 0 Å². The molecule has 2 heterocycles. The second-order valence-electron chi connectivity index (χ2n) is 7.57. The van der Waals surface area contributed by atoms with Gasteiger partial charge in [-0.15, -0.1) is 0 Å². The lowest BCUT2D eigenvalue weighted by molar-refractivity contribution is 0.0747. The summed E-state index contributed by atoms with van der Waals surface area (Å²) in [4.78, 5) is 21.5. The van der Waals surface area contributed by atoms with E-state index in [9.17, 15) is 4.79 Å². The Morgan fingerprint density at radius 3 is 2.48 bits per heavy atom. The normalized spacial score (nSPS) is 16.9. The summed E-state index contributed by atoms with van der Waals surface area (Å²) in [6.45, 7) is 2.94. The number of benzene rings is 2. The van der Waals surface area contributed by atoms with Crippen LogP contribution in [0.3, 0.4) is 0 Å². The van der Waals surface area contributed by atoms with E-state index in [2.05, 4.69) is 21.1 Å². The Bertz CT molecular complexity index is 1020. The summed E-state index contributed by atoms with van der Waals surface area (Å²) < 4.78 is 5.32. The first-order valence-electron chi connectivity index (χ1n) is 9.91. The van der Waals surface area contributed by atoms with Crippen LogP contribution in [0, 0.1) is 0 Å². The van der Waals surface area contributed by atoms with Crippen LogP contribution in [0.25, 0.3) is 11.4 Å². The minimum Gasteiger partial charge on any atom is -0.368 e. The Balaban J connectivity index is 1.22. The Hall–Kier alpha value is -2.86. The number of carbonyl (C=O) groups excluding carboxylic acids is 1. The highest BCUT2D eigenvalue weighted by molar-refractivity contribution is 6.30. The van der Waals surface area contributed by atoms with Gasteiger partial charge in [0.25, 0.3) is 5.91 Å². The van der Waals surface area contributed by atoms with Crippen LogP contribution in [0.4, 0.5) is 5.69 Å². The molecule has 3 aromatic rings. The van der Waals surface area contributed by atoms with Crippen LogP contribution in [0.2, 0.25) is 5.02 Å². The first-order chi connectivity index (χ1) is 14.2. The molecular weight excluding hydrogens is 388 g/mol. The molecular formula is C22H21ClN4O2. The van der Waals surface area contributed by atoms with Gasteiger partial charge in [0.1, 0.15) is 0 Å². The number of hydrogen-bond acceptors (Lipinski definition) is 5. The maximum Gasteiger partial charge on any atom is 0.253 e. The topological polar surface area (TPSA) is 62.5 Å². The molecule has 7 heteroatoms. The molecule has 5 rings (SSSR count). The smallest absolute Gasteiger partial charge is 0.253 e.